The molecule has 0 saturated heterocycles. The van der Waals surface area contributed by atoms with Crippen LogP contribution in [0.25, 0.3) is 0 Å². The summed E-state index contributed by atoms with van der Waals surface area (Å²) in [5.74, 6) is 0.321. The van der Waals surface area contributed by atoms with Crippen molar-refractivity contribution >= 4 is 26.0 Å². The summed E-state index contributed by atoms with van der Waals surface area (Å²) in [4.78, 5) is 0. The second-order valence-electron chi connectivity index (χ2n) is 3.86. The third kappa shape index (κ3) is 5.06. The van der Waals surface area contributed by atoms with E-state index in [1.165, 1.54) is 0 Å². The number of hydrogen-bond acceptors (Lipinski definition) is 4. The van der Waals surface area contributed by atoms with Crippen LogP contribution in [0.4, 0.5) is 0 Å². The quantitative estimate of drug-likeness (QED) is 0.644. The summed E-state index contributed by atoms with van der Waals surface area (Å²) < 4.78 is 27.8. The van der Waals surface area contributed by atoms with Crippen molar-refractivity contribution in [3.05, 3.63) is 30.3 Å². The van der Waals surface area contributed by atoms with E-state index in [-0.39, 0.29) is 6.04 Å². The van der Waals surface area contributed by atoms with Crippen LogP contribution < -0.4 is 9.50 Å². The average molecular weight is 322 g/mol. The molecule has 1 rings (SSSR count). The lowest BCUT2D eigenvalue weighted by Gasteiger charge is -2.14. The Morgan fingerprint density at radius 1 is 1.29 bits per heavy atom. The Hall–Kier alpha value is -0.590. The molecule has 0 aromatic heterocycles. The predicted molar refractivity (Wildman–Crippen MR) is 71.8 cm³/mol. The summed E-state index contributed by atoms with van der Waals surface area (Å²) in [5, 5.41) is 3.03. The van der Waals surface area contributed by atoms with Gasteiger partial charge in [-0.1, -0.05) is 48.0 Å². The van der Waals surface area contributed by atoms with Crippen LogP contribution in [0.3, 0.4) is 0 Å². The molecule has 0 saturated carbocycles. The molecule has 0 heterocycles. The van der Waals surface area contributed by atoms with Crippen molar-refractivity contribution in [2.75, 3.05) is 6.54 Å². The molecule has 0 amide bonds. The molecular formula is C11H16BrNO3S. The van der Waals surface area contributed by atoms with Gasteiger partial charge in [0.2, 0.25) is 0 Å². The Balaban J connectivity index is 2.62. The van der Waals surface area contributed by atoms with Gasteiger partial charge >= 0.3 is 10.1 Å². The topological polar surface area (TPSA) is 55.4 Å². The fourth-order valence-corrected chi connectivity index (χ4v) is 2.29. The zero-order valence-electron chi connectivity index (χ0n) is 9.76. The van der Waals surface area contributed by atoms with Gasteiger partial charge in [-0.05, 0) is 12.1 Å². The first-order chi connectivity index (χ1) is 7.92. The predicted octanol–water partition coefficient (Wildman–Crippen LogP) is 2.11. The molecule has 0 spiro atoms. The minimum atomic E-state index is -3.65. The second-order valence-corrected chi connectivity index (χ2v) is 7.29. The molecule has 1 atom stereocenters. The van der Waals surface area contributed by atoms with Crippen LogP contribution in [-0.2, 0) is 10.1 Å². The van der Waals surface area contributed by atoms with Crippen molar-refractivity contribution in [2.45, 2.75) is 24.0 Å². The fraction of sp³-hybridized carbons (Fsp3) is 0.455. The number of benzene rings is 1. The van der Waals surface area contributed by atoms with Crippen molar-refractivity contribution in [1.82, 2.24) is 5.32 Å². The maximum Gasteiger partial charge on any atom is 0.323 e. The first kappa shape index (κ1) is 14.5. The van der Waals surface area contributed by atoms with Crippen LogP contribution in [0.15, 0.2) is 30.3 Å². The summed E-state index contributed by atoms with van der Waals surface area (Å²) in [6, 6.07) is 8.68. The molecule has 96 valence electrons. The Kier molecular flexibility index (Phi) is 5.42. The third-order valence-corrected chi connectivity index (χ3v) is 4.87. The molecule has 0 aliphatic rings. The number of nitrogens with one attached hydrogen (secondary N) is 1. The maximum atomic E-state index is 11.8. The van der Waals surface area contributed by atoms with E-state index in [0.717, 1.165) is 0 Å². The highest BCUT2D eigenvalue weighted by atomic mass is 79.9. The van der Waals surface area contributed by atoms with E-state index in [0.29, 0.717) is 12.3 Å². The number of hydrogen-bond donors (Lipinski definition) is 1. The molecular weight excluding hydrogens is 306 g/mol. The van der Waals surface area contributed by atoms with Crippen molar-refractivity contribution in [1.29, 1.82) is 0 Å². The molecule has 0 aliphatic heterocycles. The van der Waals surface area contributed by atoms with Gasteiger partial charge in [0.15, 0.2) is 4.16 Å². The van der Waals surface area contributed by atoms with Gasteiger partial charge in [0.25, 0.3) is 0 Å². The highest BCUT2D eigenvalue weighted by Crippen LogP contribution is 2.17. The van der Waals surface area contributed by atoms with Crippen molar-refractivity contribution in [3.63, 3.8) is 0 Å². The van der Waals surface area contributed by atoms with Crippen molar-refractivity contribution < 1.29 is 12.6 Å². The number of para-hydroxylation sites is 1. The summed E-state index contributed by atoms with van der Waals surface area (Å²) in [7, 11) is -3.65. The molecule has 4 nitrogen and oxygen atoms in total. The van der Waals surface area contributed by atoms with Gasteiger partial charge in [0, 0.05) is 12.6 Å². The summed E-state index contributed by atoms with van der Waals surface area (Å²) in [6.07, 6.45) is 0. The summed E-state index contributed by atoms with van der Waals surface area (Å²) >= 11 is 3.11. The van der Waals surface area contributed by atoms with Crippen molar-refractivity contribution in [2.24, 2.45) is 0 Å². The lowest BCUT2D eigenvalue weighted by atomic mass is 10.3. The highest BCUT2D eigenvalue weighted by molar-refractivity contribution is 9.11. The molecule has 1 N–H and O–H groups in total. The maximum absolute atomic E-state index is 11.8. The van der Waals surface area contributed by atoms with Crippen LogP contribution in [0.2, 0.25) is 0 Å². The zero-order valence-corrected chi connectivity index (χ0v) is 12.2. The molecule has 0 fully saturated rings. The van der Waals surface area contributed by atoms with E-state index in [1.54, 1.807) is 30.3 Å². The van der Waals surface area contributed by atoms with Crippen LogP contribution >= 0.6 is 15.9 Å². The molecule has 0 aliphatic carbocycles. The van der Waals surface area contributed by atoms with E-state index in [1.807, 2.05) is 13.8 Å². The number of halogens is 1. The Morgan fingerprint density at radius 2 is 1.88 bits per heavy atom. The Labute approximate surface area is 111 Å². The molecule has 1 unspecified atom stereocenters. The standard InChI is InChI=1S/C11H16BrNO3S/c1-9(2)13-8-11(12)17(14,15)16-10-6-4-3-5-7-10/h3-7,9,11,13H,8H2,1-2H3. The van der Waals surface area contributed by atoms with Gasteiger partial charge in [-0.2, -0.15) is 8.42 Å². The fourth-order valence-electron chi connectivity index (χ4n) is 1.09. The van der Waals surface area contributed by atoms with E-state index >= 15 is 0 Å². The van der Waals surface area contributed by atoms with Crippen LogP contribution in [0.5, 0.6) is 5.75 Å². The Bertz CT molecular complexity index is 433. The largest absolute Gasteiger partial charge is 0.382 e. The molecule has 0 radical (unpaired) electrons. The van der Waals surface area contributed by atoms with Gasteiger partial charge < -0.3 is 9.50 Å². The molecule has 1 aromatic carbocycles. The summed E-state index contributed by atoms with van der Waals surface area (Å²) in [6.45, 7) is 4.20. The van der Waals surface area contributed by atoms with Crippen LogP contribution in [0.1, 0.15) is 13.8 Å². The second kappa shape index (κ2) is 6.37. The van der Waals surface area contributed by atoms with Gasteiger partial charge in [0.05, 0.1) is 0 Å². The first-order valence-corrected chi connectivity index (χ1v) is 7.66. The minimum Gasteiger partial charge on any atom is -0.382 e. The normalized spacial score (nSPS) is 13.6. The zero-order chi connectivity index (χ0) is 12.9. The third-order valence-electron chi connectivity index (χ3n) is 1.96. The summed E-state index contributed by atoms with van der Waals surface area (Å²) in [5.41, 5.74) is 0. The lowest BCUT2D eigenvalue weighted by molar-refractivity contribution is 0.478. The van der Waals surface area contributed by atoms with Gasteiger partial charge in [-0.25, -0.2) is 0 Å². The molecule has 17 heavy (non-hydrogen) atoms. The Morgan fingerprint density at radius 3 is 2.41 bits per heavy atom. The SMILES string of the molecule is CC(C)NCC(Br)S(=O)(=O)Oc1ccccc1. The molecule has 0 bridgehead atoms. The van der Waals surface area contributed by atoms with Crippen LogP contribution in [0, 0.1) is 0 Å². The van der Waals surface area contributed by atoms with Gasteiger partial charge in [-0.15, -0.1) is 0 Å². The monoisotopic (exact) mass is 321 g/mol. The van der Waals surface area contributed by atoms with E-state index in [4.69, 9.17) is 4.18 Å². The van der Waals surface area contributed by atoms with Gasteiger partial charge in [-0.3, -0.25) is 0 Å². The van der Waals surface area contributed by atoms with Gasteiger partial charge in [0.1, 0.15) is 5.75 Å². The minimum absolute atomic E-state index is 0.224. The molecule has 6 heteroatoms. The first-order valence-electron chi connectivity index (χ1n) is 5.27. The smallest absolute Gasteiger partial charge is 0.323 e. The lowest BCUT2D eigenvalue weighted by Crippen LogP contribution is -2.35. The molecule has 1 aromatic rings. The highest BCUT2D eigenvalue weighted by Gasteiger charge is 2.24. The average Bonchev–Trinajstić information content (AvgIpc) is 2.26. The number of alkyl halides is 1. The van der Waals surface area contributed by atoms with E-state index in [2.05, 4.69) is 21.2 Å². The van der Waals surface area contributed by atoms with Crippen LogP contribution in [-0.4, -0.2) is 25.2 Å². The van der Waals surface area contributed by atoms with E-state index in [9.17, 15) is 8.42 Å². The van der Waals surface area contributed by atoms with Crippen molar-refractivity contribution in [3.8, 4) is 5.75 Å². The number of rotatable bonds is 6. The van der Waals surface area contributed by atoms with E-state index < -0.39 is 14.3 Å².